The van der Waals surface area contributed by atoms with Crippen LogP contribution in [0.5, 0.6) is 0 Å². The molecule has 0 unspecified atom stereocenters. The highest BCUT2D eigenvalue weighted by Gasteiger charge is 3.00. The SMILES string of the molecule is [N+3].[N-]=C=O.[N-]=C=O.[N-]=C=O. The Labute approximate surface area is 56.2 Å². The van der Waals surface area contributed by atoms with E-state index in [4.69, 9.17) is 30.6 Å². The molecule has 0 aliphatic carbocycles. The van der Waals surface area contributed by atoms with Crippen molar-refractivity contribution in [2.24, 2.45) is 0 Å². The van der Waals surface area contributed by atoms with Gasteiger partial charge in [0.15, 0.2) is 0 Å². The Morgan fingerprint density at radius 1 is 0.700 bits per heavy atom. The highest BCUT2D eigenvalue weighted by Crippen LogP contribution is 0.955. The second-order valence-electron chi connectivity index (χ2n) is 0.274. The van der Waals surface area contributed by atoms with Crippen LogP contribution in [-0.4, -0.2) is 18.2 Å². The first-order valence-corrected chi connectivity index (χ1v) is 1.28. The molecule has 0 rings (SSSR count). The van der Waals surface area contributed by atoms with Gasteiger partial charge in [-0.2, -0.15) is 0 Å². The highest BCUT2D eigenvalue weighted by atomic mass is 16.1. The zero-order chi connectivity index (χ0) is 8.12. The fourth-order valence-corrected chi connectivity index (χ4v) is 0. The molecule has 0 amide bonds. The van der Waals surface area contributed by atoms with Gasteiger partial charge >= 0.3 is 6.15 Å². The fraction of sp³-hybridized carbons (Fsp3) is 0. The summed E-state index contributed by atoms with van der Waals surface area (Å²) in [5.41, 5.74) is 0. The summed E-state index contributed by atoms with van der Waals surface area (Å²) in [4.78, 5) is 24.7. The Morgan fingerprint density at radius 2 is 0.700 bits per heavy atom. The van der Waals surface area contributed by atoms with Gasteiger partial charge in [-0.15, -0.1) is 0 Å². The summed E-state index contributed by atoms with van der Waals surface area (Å²) in [7, 11) is 0. The van der Waals surface area contributed by atoms with Gasteiger partial charge in [0, 0.05) is 0 Å². The van der Waals surface area contributed by atoms with Gasteiger partial charge in [0.1, 0.15) is 0 Å². The van der Waals surface area contributed by atoms with Crippen LogP contribution >= 0.6 is 0 Å². The van der Waals surface area contributed by atoms with Crippen molar-refractivity contribution in [3.63, 3.8) is 0 Å². The van der Waals surface area contributed by atoms with Crippen molar-refractivity contribution in [1.29, 1.82) is 0 Å². The van der Waals surface area contributed by atoms with E-state index in [9.17, 15) is 0 Å². The molecule has 0 aliphatic rings. The maximum Gasteiger partial charge on any atom is 3.00 e. The molecule has 0 aromatic rings. The molecule has 50 valence electrons. The molecule has 0 aliphatic heterocycles. The Bertz CT molecular complexity index is 107. The third-order valence-corrected chi connectivity index (χ3v) is 0. The largest absolute Gasteiger partial charge is 3.00 e. The van der Waals surface area contributed by atoms with Crippen LogP contribution in [0.3, 0.4) is 0 Å². The summed E-state index contributed by atoms with van der Waals surface area (Å²) in [6, 6.07) is 0. The smallest absolute Gasteiger partial charge is 0.724 e. The topological polar surface area (TPSA) is 149 Å². The molecule has 7 heteroatoms. The summed E-state index contributed by atoms with van der Waals surface area (Å²) in [5, 5.41) is 20.3. The molecular formula is C3N4O3. The van der Waals surface area contributed by atoms with Gasteiger partial charge in [0.2, 0.25) is 0 Å². The molecular weight excluding hydrogens is 140 g/mol. The van der Waals surface area contributed by atoms with E-state index in [2.05, 4.69) is 0 Å². The first-order chi connectivity index (χ1) is 4.24. The minimum Gasteiger partial charge on any atom is -0.724 e. The molecule has 0 aromatic heterocycles. The monoisotopic (exact) mass is 140 g/mol. The van der Waals surface area contributed by atoms with E-state index in [0.717, 1.165) is 0 Å². The average Bonchev–Trinajstić information content (AvgIpc) is 1.70. The van der Waals surface area contributed by atoms with E-state index in [-0.39, 0.29) is 6.15 Å². The first-order valence-electron chi connectivity index (χ1n) is 1.28. The van der Waals surface area contributed by atoms with Gasteiger partial charge < -0.3 is 16.2 Å². The zero-order valence-electron chi connectivity index (χ0n) is 4.51. The van der Waals surface area contributed by atoms with Gasteiger partial charge in [0.25, 0.3) is 0 Å². The van der Waals surface area contributed by atoms with Crippen molar-refractivity contribution in [1.82, 2.24) is 6.15 Å². The molecule has 10 heavy (non-hydrogen) atoms. The van der Waals surface area contributed by atoms with Crippen LogP contribution in [0.15, 0.2) is 0 Å². The lowest BCUT2D eigenvalue weighted by atomic mass is 11.7. The van der Waals surface area contributed by atoms with Crippen molar-refractivity contribution in [3.05, 3.63) is 16.2 Å². The van der Waals surface area contributed by atoms with E-state index in [1.807, 2.05) is 0 Å². The summed E-state index contributed by atoms with van der Waals surface area (Å²) in [6.45, 7) is 0. The number of rotatable bonds is 0. The van der Waals surface area contributed by atoms with Crippen molar-refractivity contribution in [2.75, 3.05) is 0 Å². The molecule has 0 atom stereocenters. The van der Waals surface area contributed by atoms with Crippen molar-refractivity contribution >= 4 is 18.2 Å². The Kier molecular flexibility index (Phi) is 806. The second-order valence-corrected chi connectivity index (χ2v) is 0.274. The number of nitrogens with zero attached hydrogens (tertiary/aromatic N) is 4. The molecule has 0 saturated carbocycles. The third-order valence-electron chi connectivity index (χ3n) is 0. The van der Waals surface area contributed by atoms with Crippen LogP contribution in [-0.2, 0) is 14.4 Å². The summed E-state index contributed by atoms with van der Waals surface area (Å²) in [6.07, 6.45) is 1.50. The van der Waals surface area contributed by atoms with Gasteiger partial charge in [-0.3, -0.25) is 14.4 Å². The quantitative estimate of drug-likeness (QED) is 0.319. The van der Waals surface area contributed by atoms with E-state index in [0.29, 0.717) is 18.2 Å². The lowest BCUT2D eigenvalue weighted by molar-refractivity contribution is 0.568. The molecule has 0 saturated heterocycles. The predicted molar refractivity (Wildman–Crippen MR) is 29.3 cm³/mol. The van der Waals surface area contributed by atoms with Crippen molar-refractivity contribution in [2.45, 2.75) is 0 Å². The third kappa shape index (κ3) is 29.8. The second kappa shape index (κ2) is 324. The molecule has 0 bridgehead atoms. The Balaban J connectivity index is -0.0000000257. The lowest BCUT2D eigenvalue weighted by Crippen LogP contribution is -1.13. The van der Waals surface area contributed by atoms with Gasteiger partial charge in [-0.25, -0.2) is 0 Å². The molecule has 0 heterocycles. The molecule has 0 fully saturated rings. The standard InChI is InChI=1S/3CNO.N/c3*2-1-3;/q3*-1;+3. The Morgan fingerprint density at radius 3 is 0.700 bits per heavy atom. The van der Waals surface area contributed by atoms with Crippen LogP contribution in [0, 0.1) is 0 Å². The molecule has 0 N–H and O–H groups in total. The number of hydrogen-bond donors (Lipinski definition) is 0. The van der Waals surface area contributed by atoms with Crippen LogP contribution in [0.2, 0.25) is 0 Å². The zero-order valence-corrected chi connectivity index (χ0v) is 4.51. The molecule has 7 nitrogen and oxygen atoms in total. The Hall–Kier alpha value is -2.15. The maximum absolute atomic E-state index is 8.24. The first kappa shape index (κ1) is 24.9. The summed E-state index contributed by atoms with van der Waals surface area (Å²) >= 11 is 0. The number of hydrogen-bond acceptors (Lipinski definition) is 3. The minimum absolute atomic E-state index is 0. The average molecular weight is 140 g/mol. The van der Waals surface area contributed by atoms with Crippen molar-refractivity contribution < 1.29 is 14.4 Å². The van der Waals surface area contributed by atoms with Crippen LogP contribution in [0.25, 0.3) is 16.2 Å². The predicted octanol–water partition coefficient (Wildman–Crippen LogP) is -0.806. The van der Waals surface area contributed by atoms with Gasteiger partial charge in [0.05, 0.1) is 0 Å². The molecule has 2 radical (unpaired) electrons. The van der Waals surface area contributed by atoms with Crippen LogP contribution in [0.4, 0.5) is 0 Å². The lowest BCUT2D eigenvalue weighted by Gasteiger charge is -1.32. The minimum atomic E-state index is 0. The van der Waals surface area contributed by atoms with Gasteiger partial charge in [-0.1, -0.05) is 0 Å². The molecule has 0 spiro atoms. The highest BCUT2D eigenvalue weighted by molar-refractivity contribution is 5.37. The number of carbonyl (C=O) groups excluding carboxylic acids is 3. The van der Waals surface area contributed by atoms with Crippen LogP contribution in [0.1, 0.15) is 0 Å². The van der Waals surface area contributed by atoms with E-state index in [1.54, 1.807) is 0 Å². The number of isocyanates is 3. The fourth-order valence-electron chi connectivity index (χ4n) is 0. The van der Waals surface area contributed by atoms with E-state index in [1.165, 1.54) is 0 Å². The van der Waals surface area contributed by atoms with Gasteiger partial charge in [-0.05, 0) is 18.2 Å². The summed E-state index contributed by atoms with van der Waals surface area (Å²) < 4.78 is 0. The normalized spacial score (nSPS) is 2.40. The van der Waals surface area contributed by atoms with E-state index >= 15 is 0 Å². The van der Waals surface area contributed by atoms with E-state index < -0.39 is 0 Å². The molecule has 0 aromatic carbocycles. The van der Waals surface area contributed by atoms with Crippen molar-refractivity contribution in [3.8, 4) is 0 Å². The maximum atomic E-state index is 8.24. The summed E-state index contributed by atoms with van der Waals surface area (Å²) in [5.74, 6) is 0. The van der Waals surface area contributed by atoms with Crippen LogP contribution < -0.4 is 6.15 Å².